The average molecular weight is 420 g/mol. The third-order valence-electron chi connectivity index (χ3n) is 4.43. The number of aliphatic imine (C=N–C) groups is 1. The van der Waals surface area contributed by atoms with Gasteiger partial charge in [-0.25, -0.2) is 0 Å². The van der Waals surface area contributed by atoms with Crippen LogP contribution in [-0.4, -0.2) is 46.9 Å². The summed E-state index contributed by atoms with van der Waals surface area (Å²) in [5.74, 6) is 2.72. The summed E-state index contributed by atoms with van der Waals surface area (Å²) in [5.41, 5.74) is 2.13. The molecule has 2 rings (SSSR count). The van der Waals surface area contributed by atoms with Crippen LogP contribution in [0.15, 0.2) is 41.4 Å². The van der Waals surface area contributed by atoms with E-state index in [9.17, 15) is 0 Å². The van der Waals surface area contributed by atoms with Gasteiger partial charge in [-0.05, 0) is 37.5 Å². The first kappa shape index (κ1) is 22.7. The Morgan fingerprint density at radius 3 is 2.31 bits per heavy atom. The summed E-state index contributed by atoms with van der Waals surface area (Å²) in [6, 6.07) is 11.7. The fraction of sp³-hybridized carbons (Fsp3) is 0.409. The first-order valence-corrected chi connectivity index (χ1v) is 10.1. The van der Waals surface area contributed by atoms with E-state index in [1.165, 1.54) is 0 Å². The highest BCUT2D eigenvalue weighted by Crippen LogP contribution is 2.39. The molecule has 0 heterocycles. The Labute approximate surface area is 178 Å². The van der Waals surface area contributed by atoms with Gasteiger partial charge in [0.15, 0.2) is 17.5 Å². The minimum atomic E-state index is 0.604. The monoisotopic (exact) mass is 419 g/mol. The van der Waals surface area contributed by atoms with Crippen molar-refractivity contribution in [1.82, 2.24) is 10.6 Å². The molecule has 0 bridgehead atoms. The molecule has 0 unspecified atom stereocenters. The lowest BCUT2D eigenvalue weighted by atomic mass is 10.1. The number of nitrogens with one attached hydrogen (secondary N) is 2. The second-order valence-electron chi connectivity index (χ2n) is 6.27. The number of ether oxygens (including phenoxy) is 3. The van der Waals surface area contributed by atoms with Crippen LogP contribution in [0.5, 0.6) is 17.2 Å². The van der Waals surface area contributed by atoms with Crippen molar-refractivity contribution in [3.05, 3.63) is 52.5 Å². The lowest BCUT2D eigenvalue weighted by Crippen LogP contribution is -2.38. The zero-order chi connectivity index (χ0) is 21.1. The highest BCUT2D eigenvalue weighted by molar-refractivity contribution is 6.31. The minimum Gasteiger partial charge on any atom is -0.493 e. The quantitative estimate of drug-likeness (QED) is 0.454. The maximum Gasteiger partial charge on any atom is 0.203 e. The fourth-order valence-electron chi connectivity index (χ4n) is 3.01. The van der Waals surface area contributed by atoms with Gasteiger partial charge >= 0.3 is 0 Å². The third-order valence-corrected chi connectivity index (χ3v) is 4.79. The van der Waals surface area contributed by atoms with Gasteiger partial charge in [-0.3, -0.25) is 4.99 Å². The molecule has 0 aliphatic rings. The third kappa shape index (κ3) is 6.46. The Balaban J connectivity index is 1.98. The topological polar surface area (TPSA) is 64.1 Å². The zero-order valence-electron chi connectivity index (χ0n) is 17.5. The molecule has 2 N–H and O–H groups in total. The summed E-state index contributed by atoms with van der Waals surface area (Å²) < 4.78 is 16.3. The number of methoxy groups -OCH3 is 3. The van der Waals surface area contributed by atoms with Gasteiger partial charge in [0.1, 0.15) is 0 Å². The summed E-state index contributed by atoms with van der Waals surface area (Å²) in [6.45, 7) is 4.18. The molecule has 0 saturated carbocycles. The minimum absolute atomic E-state index is 0.604. The Morgan fingerprint density at radius 2 is 1.66 bits per heavy atom. The van der Waals surface area contributed by atoms with Crippen LogP contribution in [0.1, 0.15) is 18.1 Å². The van der Waals surface area contributed by atoms with E-state index in [1.54, 1.807) is 21.3 Å². The zero-order valence-corrected chi connectivity index (χ0v) is 18.3. The van der Waals surface area contributed by atoms with E-state index in [-0.39, 0.29) is 0 Å². The summed E-state index contributed by atoms with van der Waals surface area (Å²) in [5, 5.41) is 7.41. The van der Waals surface area contributed by atoms with Gasteiger partial charge in [-0.2, -0.15) is 0 Å². The maximum absolute atomic E-state index is 6.22. The van der Waals surface area contributed by atoms with Gasteiger partial charge in [0.2, 0.25) is 5.75 Å². The molecule has 0 aliphatic carbocycles. The van der Waals surface area contributed by atoms with Gasteiger partial charge in [-0.15, -0.1) is 0 Å². The van der Waals surface area contributed by atoms with Crippen LogP contribution in [0.2, 0.25) is 5.02 Å². The van der Waals surface area contributed by atoms with Crippen LogP contribution in [0.4, 0.5) is 0 Å². The number of hydrogen-bond donors (Lipinski definition) is 2. The van der Waals surface area contributed by atoms with Crippen LogP contribution >= 0.6 is 11.6 Å². The van der Waals surface area contributed by atoms with Crippen molar-refractivity contribution in [3.63, 3.8) is 0 Å². The first-order chi connectivity index (χ1) is 14.1. The van der Waals surface area contributed by atoms with Crippen LogP contribution in [0, 0.1) is 0 Å². The summed E-state index contributed by atoms with van der Waals surface area (Å²) in [6.07, 6.45) is 1.54. The van der Waals surface area contributed by atoms with Crippen LogP contribution < -0.4 is 24.8 Å². The SMILES string of the molecule is CCNC(=NCCc1ccccc1Cl)NCCc1ccc(OC)c(OC)c1OC. The predicted molar refractivity (Wildman–Crippen MR) is 119 cm³/mol. The smallest absolute Gasteiger partial charge is 0.203 e. The Bertz CT molecular complexity index is 812. The van der Waals surface area contributed by atoms with Crippen LogP contribution in [-0.2, 0) is 12.8 Å². The highest BCUT2D eigenvalue weighted by atomic mass is 35.5. The lowest BCUT2D eigenvalue weighted by molar-refractivity contribution is 0.322. The second kappa shape index (κ2) is 12.1. The normalized spacial score (nSPS) is 11.1. The molecule has 0 amide bonds. The average Bonchev–Trinajstić information content (AvgIpc) is 2.74. The number of nitrogens with zero attached hydrogens (tertiary/aromatic N) is 1. The summed E-state index contributed by atoms with van der Waals surface area (Å²) >= 11 is 6.22. The number of rotatable bonds is 10. The van der Waals surface area contributed by atoms with Gasteiger partial charge < -0.3 is 24.8 Å². The van der Waals surface area contributed by atoms with E-state index in [0.717, 1.165) is 41.5 Å². The van der Waals surface area contributed by atoms with Crippen molar-refractivity contribution in [2.75, 3.05) is 41.0 Å². The largest absolute Gasteiger partial charge is 0.493 e. The Morgan fingerprint density at radius 1 is 0.897 bits per heavy atom. The summed E-state index contributed by atoms with van der Waals surface area (Å²) in [7, 11) is 4.85. The van der Waals surface area contributed by atoms with Crippen LogP contribution in [0.3, 0.4) is 0 Å². The molecule has 29 heavy (non-hydrogen) atoms. The number of guanidine groups is 1. The van der Waals surface area contributed by atoms with Crippen molar-refractivity contribution in [2.45, 2.75) is 19.8 Å². The molecule has 0 fully saturated rings. The standard InChI is InChI=1S/C22H30ClN3O3/c1-5-24-22(25-14-12-16-8-6-7-9-18(16)23)26-15-13-17-10-11-19(27-2)21(29-4)20(17)28-3/h6-11H,5,12-15H2,1-4H3,(H2,24,25,26). The van der Waals surface area contributed by atoms with Crippen molar-refractivity contribution in [1.29, 1.82) is 0 Å². The number of hydrogen-bond acceptors (Lipinski definition) is 4. The molecule has 0 saturated heterocycles. The number of halogens is 1. The Kier molecular flexibility index (Phi) is 9.44. The molecular weight excluding hydrogens is 390 g/mol. The number of benzene rings is 2. The molecule has 0 radical (unpaired) electrons. The van der Waals surface area contributed by atoms with Gasteiger partial charge in [0.05, 0.1) is 21.3 Å². The molecule has 158 valence electrons. The van der Waals surface area contributed by atoms with E-state index in [2.05, 4.69) is 15.6 Å². The van der Waals surface area contributed by atoms with Crippen LogP contribution in [0.25, 0.3) is 0 Å². The Hall–Kier alpha value is -2.60. The van der Waals surface area contributed by atoms with E-state index in [1.807, 2.05) is 43.3 Å². The van der Waals surface area contributed by atoms with Gasteiger partial charge in [0, 0.05) is 30.2 Å². The molecule has 0 spiro atoms. The molecule has 0 atom stereocenters. The van der Waals surface area contributed by atoms with Gasteiger partial charge in [-0.1, -0.05) is 35.9 Å². The van der Waals surface area contributed by atoms with E-state index >= 15 is 0 Å². The molecule has 0 aliphatic heterocycles. The molecule has 0 aromatic heterocycles. The highest BCUT2D eigenvalue weighted by Gasteiger charge is 2.15. The van der Waals surface area contributed by atoms with Crippen molar-refractivity contribution < 1.29 is 14.2 Å². The lowest BCUT2D eigenvalue weighted by Gasteiger charge is -2.16. The molecule has 6 nitrogen and oxygen atoms in total. The molecule has 2 aromatic carbocycles. The van der Waals surface area contributed by atoms with Crippen molar-refractivity contribution in [3.8, 4) is 17.2 Å². The van der Waals surface area contributed by atoms with E-state index in [4.69, 9.17) is 25.8 Å². The predicted octanol–water partition coefficient (Wildman–Crippen LogP) is 3.71. The van der Waals surface area contributed by atoms with E-state index in [0.29, 0.717) is 30.3 Å². The molecular formula is C22H30ClN3O3. The summed E-state index contributed by atoms with van der Waals surface area (Å²) in [4.78, 5) is 4.64. The van der Waals surface area contributed by atoms with Gasteiger partial charge in [0.25, 0.3) is 0 Å². The molecule has 7 heteroatoms. The first-order valence-electron chi connectivity index (χ1n) is 9.68. The van der Waals surface area contributed by atoms with E-state index < -0.39 is 0 Å². The van der Waals surface area contributed by atoms with Crippen molar-refractivity contribution >= 4 is 17.6 Å². The maximum atomic E-state index is 6.22. The van der Waals surface area contributed by atoms with Crippen molar-refractivity contribution in [2.24, 2.45) is 4.99 Å². The molecule has 2 aromatic rings. The fourth-order valence-corrected chi connectivity index (χ4v) is 3.24. The second-order valence-corrected chi connectivity index (χ2v) is 6.68.